The number of hydrogen-bond acceptors (Lipinski definition) is 4. The molecule has 2 saturated heterocycles. The average Bonchev–Trinajstić information content (AvgIpc) is 3.51. The molecule has 0 saturated carbocycles. The van der Waals surface area contributed by atoms with Gasteiger partial charge in [-0.2, -0.15) is 0 Å². The summed E-state index contributed by atoms with van der Waals surface area (Å²) < 4.78 is 8.09. The van der Waals surface area contributed by atoms with Gasteiger partial charge in [-0.1, -0.05) is 12.1 Å². The van der Waals surface area contributed by atoms with Crippen LogP contribution in [0.5, 0.6) is 0 Å². The predicted octanol–water partition coefficient (Wildman–Crippen LogP) is 3.73. The fourth-order valence-electron chi connectivity index (χ4n) is 4.38. The second kappa shape index (κ2) is 8.16. The number of aryl methyl sites for hydroxylation is 1. The van der Waals surface area contributed by atoms with Crippen LogP contribution in [0.15, 0.2) is 61.1 Å². The zero-order valence-electron chi connectivity index (χ0n) is 16.9. The summed E-state index contributed by atoms with van der Waals surface area (Å²) >= 11 is 5.79. The molecule has 3 atom stereocenters. The summed E-state index contributed by atoms with van der Waals surface area (Å²) in [6.07, 6.45) is 8.18. The molecule has 0 aromatic carbocycles. The van der Waals surface area contributed by atoms with E-state index in [1.807, 2.05) is 31.5 Å². The number of pyridine rings is 2. The van der Waals surface area contributed by atoms with Crippen LogP contribution >= 0.6 is 12.2 Å². The molecular weight excluding hydrogens is 394 g/mol. The Labute approximate surface area is 181 Å². The molecule has 0 spiro atoms. The molecule has 30 heavy (non-hydrogen) atoms. The fraction of sp³-hybridized carbons (Fsp3) is 0.348. The molecule has 2 aliphatic heterocycles. The van der Waals surface area contributed by atoms with Crippen LogP contribution in [0, 0.1) is 6.92 Å². The summed E-state index contributed by atoms with van der Waals surface area (Å²) in [6.45, 7) is 3.65. The van der Waals surface area contributed by atoms with Gasteiger partial charge in [-0.15, -0.1) is 0 Å². The van der Waals surface area contributed by atoms with Crippen LogP contribution in [-0.2, 0) is 4.74 Å². The molecule has 0 radical (unpaired) electrons. The number of rotatable bonds is 5. The SMILES string of the molecule is Cc1ccc(-n2cccc2[C@@H]2[C@H](c3ccccn3)NC(=S)N2C[C@H]2CCCO2)nc1. The number of thiocarbonyl (C=S) groups is 1. The van der Waals surface area contributed by atoms with Crippen LogP contribution in [0.25, 0.3) is 5.82 Å². The first-order valence-electron chi connectivity index (χ1n) is 10.4. The smallest absolute Gasteiger partial charge is 0.170 e. The molecule has 3 aromatic heterocycles. The van der Waals surface area contributed by atoms with E-state index in [1.54, 1.807) is 0 Å². The van der Waals surface area contributed by atoms with Crippen molar-refractivity contribution in [1.29, 1.82) is 0 Å². The van der Waals surface area contributed by atoms with Crippen molar-refractivity contribution in [2.75, 3.05) is 13.2 Å². The van der Waals surface area contributed by atoms with Crippen LogP contribution in [0.2, 0.25) is 0 Å². The number of hydrogen-bond donors (Lipinski definition) is 1. The first-order valence-corrected chi connectivity index (χ1v) is 10.8. The Bertz CT molecular complexity index is 1010. The lowest BCUT2D eigenvalue weighted by Gasteiger charge is -2.30. The van der Waals surface area contributed by atoms with E-state index in [-0.39, 0.29) is 18.2 Å². The molecule has 0 amide bonds. The van der Waals surface area contributed by atoms with E-state index in [9.17, 15) is 0 Å². The topological polar surface area (TPSA) is 55.2 Å². The number of ether oxygens (including phenoxy) is 1. The minimum absolute atomic E-state index is 0.00490. The standard InChI is InChI=1S/C23H25N5OS/c1-16-9-10-20(25-14-16)27-12-4-8-19(27)22-21(18-7-2-3-11-24-18)26-23(30)28(22)15-17-6-5-13-29-17/h2-4,7-12,14,17,21-22H,5-6,13,15H2,1H3,(H,26,30)/t17-,21+,22-/m1/s1. The predicted molar refractivity (Wildman–Crippen MR) is 119 cm³/mol. The van der Waals surface area contributed by atoms with Gasteiger partial charge in [0.05, 0.1) is 23.9 Å². The summed E-state index contributed by atoms with van der Waals surface area (Å²) in [7, 11) is 0. The molecule has 0 bridgehead atoms. The molecule has 0 aliphatic carbocycles. The lowest BCUT2D eigenvalue weighted by molar-refractivity contribution is 0.0836. The highest BCUT2D eigenvalue weighted by atomic mass is 32.1. The Morgan fingerprint density at radius 2 is 2.10 bits per heavy atom. The lowest BCUT2D eigenvalue weighted by Crippen LogP contribution is -2.36. The molecule has 2 aliphatic rings. The first kappa shape index (κ1) is 19.2. The highest BCUT2D eigenvalue weighted by Gasteiger charge is 2.42. The third-order valence-corrected chi connectivity index (χ3v) is 6.20. The normalized spacial score (nSPS) is 23.7. The van der Waals surface area contributed by atoms with Gasteiger partial charge in [0, 0.05) is 37.4 Å². The van der Waals surface area contributed by atoms with Gasteiger partial charge in [0.15, 0.2) is 5.11 Å². The summed E-state index contributed by atoms with van der Waals surface area (Å²) in [5.41, 5.74) is 3.25. The lowest BCUT2D eigenvalue weighted by atomic mass is 10.0. The fourth-order valence-corrected chi connectivity index (χ4v) is 4.69. The van der Waals surface area contributed by atoms with E-state index in [2.05, 4.69) is 61.3 Å². The van der Waals surface area contributed by atoms with Crippen molar-refractivity contribution in [3.63, 3.8) is 0 Å². The van der Waals surface area contributed by atoms with Gasteiger partial charge in [0.2, 0.25) is 0 Å². The van der Waals surface area contributed by atoms with Crippen molar-refractivity contribution in [2.24, 2.45) is 0 Å². The van der Waals surface area contributed by atoms with Gasteiger partial charge in [-0.05, 0) is 67.9 Å². The molecule has 7 heteroatoms. The summed E-state index contributed by atoms with van der Waals surface area (Å²) in [5, 5.41) is 4.27. The highest BCUT2D eigenvalue weighted by Crippen LogP contribution is 2.40. The van der Waals surface area contributed by atoms with E-state index < -0.39 is 0 Å². The van der Waals surface area contributed by atoms with Crippen LogP contribution in [0.1, 0.15) is 41.9 Å². The zero-order valence-corrected chi connectivity index (χ0v) is 17.8. The van der Waals surface area contributed by atoms with Crippen LogP contribution in [0.3, 0.4) is 0 Å². The molecule has 5 heterocycles. The molecule has 0 unspecified atom stereocenters. The van der Waals surface area contributed by atoms with E-state index in [1.165, 1.54) is 0 Å². The molecule has 2 fully saturated rings. The van der Waals surface area contributed by atoms with Crippen molar-refractivity contribution in [3.05, 3.63) is 78.0 Å². The maximum absolute atomic E-state index is 5.93. The Kier molecular flexibility index (Phi) is 5.23. The summed E-state index contributed by atoms with van der Waals surface area (Å²) in [6, 6.07) is 14.3. The van der Waals surface area contributed by atoms with Gasteiger partial charge in [-0.25, -0.2) is 4.98 Å². The Balaban J connectivity index is 1.56. The third kappa shape index (κ3) is 3.59. The maximum Gasteiger partial charge on any atom is 0.170 e. The quantitative estimate of drug-likeness (QED) is 0.636. The first-order chi connectivity index (χ1) is 14.7. The van der Waals surface area contributed by atoms with Crippen molar-refractivity contribution in [3.8, 4) is 5.82 Å². The maximum atomic E-state index is 5.93. The van der Waals surface area contributed by atoms with Gasteiger partial charge >= 0.3 is 0 Å². The Hall–Kier alpha value is -2.77. The molecule has 6 nitrogen and oxygen atoms in total. The third-order valence-electron chi connectivity index (χ3n) is 5.85. The monoisotopic (exact) mass is 419 g/mol. The van der Waals surface area contributed by atoms with Crippen LogP contribution in [-0.4, -0.2) is 43.8 Å². The molecule has 3 aromatic rings. The number of nitrogens with zero attached hydrogens (tertiary/aromatic N) is 4. The average molecular weight is 420 g/mol. The second-order valence-corrected chi connectivity index (χ2v) is 8.30. The largest absolute Gasteiger partial charge is 0.376 e. The van der Waals surface area contributed by atoms with Gasteiger partial charge in [0.25, 0.3) is 0 Å². The Morgan fingerprint density at radius 1 is 1.17 bits per heavy atom. The number of nitrogens with one attached hydrogen (secondary N) is 1. The van der Waals surface area contributed by atoms with Gasteiger partial charge < -0.3 is 19.5 Å². The van der Waals surface area contributed by atoms with Crippen LogP contribution in [0.4, 0.5) is 0 Å². The summed E-state index contributed by atoms with van der Waals surface area (Å²) in [4.78, 5) is 11.5. The van der Waals surface area contributed by atoms with Crippen molar-refractivity contribution >= 4 is 17.3 Å². The van der Waals surface area contributed by atoms with Crippen LogP contribution < -0.4 is 5.32 Å². The van der Waals surface area contributed by atoms with Gasteiger partial charge in [0.1, 0.15) is 5.82 Å². The zero-order chi connectivity index (χ0) is 20.5. The minimum atomic E-state index is -0.0424. The van der Waals surface area contributed by atoms with E-state index in [0.717, 1.165) is 53.9 Å². The van der Waals surface area contributed by atoms with Gasteiger partial charge in [-0.3, -0.25) is 4.98 Å². The molecule has 154 valence electrons. The van der Waals surface area contributed by atoms with Crippen molar-refractivity contribution in [1.82, 2.24) is 24.8 Å². The van der Waals surface area contributed by atoms with E-state index >= 15 is 0 Å². The van der Waals surface area contributed by atoms with Crippen molar-refractivity contribution in [2.45, 2.75) is 38.0 Å². The Morgan fingerprint density at radius 3 is 2.83 bits per heavy atom. The van der Waals surface area contributed by atoms with Crippen molar-refractivity contribution < 1.29 is 4.74 Å². The molecule has 5 rings (SSSR count). The highest BCUT2D eigenvalue weighted by molar-refractivity contribution is 7.80. The minimum Gasteiger partial charge on any atom is -0.376 e. The molecule has 1 N–H and O–H groups in total. The number of aromatic nitrogens is 3. The second-order valence-electron chi connectivity index (χ2n) is 7.91. The van der Waals surface area contributed by atoms with E-state index in [0.29, 0.717) is 0 Å². The van der Waals surface area contributed by atoms with E-state index in [4.69, 9.17) is 17.0 Å². The summed E-state index contributed by atoms with van der Waals surface area (Å²) in [5.74, 6) is 0.898. The molecular formula is C23H25N5OS.